The molecule has 4 aromatic heterocycles. The van der Waals surface area contributed by atoms with Crippen LogP contribution < -0.4 is 5.73 Å². The summed E-state index contributed by atoms with van der Waals surface area (Å²) in [6, 6.07) is 7.79. The molecule has 5 aromatic rings. The number of benzene rings is 1. The Balaban J connectivity index is 1.63. The van der Waals surface area contributed by atoms with Crippen LogP contribution in [0, 0.1) is 17.1 Å². The van der Waals surface area contributed by atoms with Crippen LogP contribution in [-0.4, -0.2) is 44.7 Å². The number of anilines is 1. The number of nitriles is 1. The van der Waals surface area contributed by atoms with Crippen LogP contribution >= 0.6 is 0 Å². The fraction of sp³-hybridized carbons (Fsp3) is 0.100. The van der Waals surface area contributed by atoms with Crippen molar-refractivity contribution in [1.29, 1.82) is 5.26 Å². The largest absolute Gasteiger partial charge is 0.383 e. The molecule has 0 amide bonds. The van der Waals surface area contributed by atoms with Gasteiger partial charge in [0.15, 0.2) is 11.3 Å². The van der Waals surface area contributed by atoms with Gasteiger partial charge in [-0.15, -0.1) is 5.10 Å². The molecule has 1 unspecified atom stereocenters. The van der Waals surface area contributed by atoms with Crippen LogP contribution in [0.25, 0.3) is 28.1 Å². The molecule has 0 bridgehead atoms. The summed E-state index contributed by atoms with van der Waals surface area (Å²) in [5, 5.41) is 22.5. The van der Waals surface area contributed by atoms with Crippen molar-refractivity contribution >= 4 is 16.9 Å². The number of rotatable bonds is 4. The van der Waals surface area contributed by atoms with Crippen molar-refractivity contribution in [2.24, 2.45) is 0 Å². The molecule has 1 atom stereocenters. The molecule has 156 valence electrons. The van der Waals surface area contributed by atoms with E-state index in [0.717, 1.165) is 0 Å². The SMILES string of the molecule is CC(c1cn(-c2ccccc2F)nn1)n1nc(-c2cncc(C#N)n2)c2c(N)ncnc21. The van der Waals surface area contributed by atoms with Gasteiger partial charge in [0.25, 0.3) is 0 Å². The van der Waals surface area contributed by atoms with Gasteiger partial charge >= 0.3 is 0 Å². The highest BCUT2D eigenvalue weighted by Gasteiger charge is 2.24. The second kappa shape index (κ2) is 7.47. The molecule has 5 rings (SSSR count). The van der Waals surface area contributed by atoms with Crippen molar-refractivity contribution in [1.82, 2.24) is 44.7 Å². The molecule has 4 heterocycles. The van der Waals surface area contributed by atoms with E-state index in [0.29, 0.717) is 28.1 Å². The van der Waals surface area contributed by atoms with E-state index in [2.05, 4.69) is 35.3 Å². The first-order valence-corrected chi connectivity index (χ1v) is 9.45. The Kier molecular flexibility index (Phi) is 4.48. The summed E-state index contributed by atoms with van der Waals surface area (Å²) in [7, 11) is 0. The monoisotopic (exact) mass is 427 g/mol. The van der Waals surface area contributed by atoms with Crippen molar-refractivity contribution in [3.05, 3.63) is 66.4 Å². The van der Waals surface area contributed by atoms with E-state index in [9.17, 15) is 4.39 Å². The Morgan fingerprint density at radius 2 is 2.03 bits per heavy atom. The third kappa shape index (κ3) is 3.08. The van der Waals surface area contributed by atoms with Gasteiger partial charge in [-0.2, -0.15) is 10.4 Å². The molecular weight excluding hydrogens is 413 g/mol. The van der Waals surface area contributed by atoms with Crippen LogP contribution in [0.1, 0.15) is 24.4 Å². The summed E-state index contributed by atoms with van der Waals surface area (Å²) in [6.45, 7) is 1.85. The minimum atomic E-state index is -0.437. The van der Waals surface area contributed by atoms with E-state index in [1.807, 2.05) is 13.0 Å². The number of fused-ring (bicyclic) bond motifs is 1. The van der Waals surface area contributed by atoms with Gasteiger partial charge in [-0.3, -0.25) is 4.98 Å². The minimum Gasteiger partial charge on any atom is -0.383 e. The van der Waals surface area contributed by atoms with Crippen molar-refractivity contribution in [3.8, 4) is 23.1 Å². The molecule has 0 saturated heterocycles. The number of halogens is 1. The third-order valence-electron chi connectivity index (χ3n) is 4.92. The van der Waals surface area contributed by atoms with E-state index in [1.165, 1.54) is 29.5 Å². The molecule has 0 aliphatic heterocycles. The summed E-state index contributed by atoms with van der Waals surface area (Å²) >= 11 is 0. The zero-order valence-corrected chi connectivity index (χ0v) is 16.6. The second-order valence-corrected chi connectivity index (χ2v) is 6.87. The van der Waals surface area contributed by atoms with Gasteiger partial charge in [-0.05, 0) is 19.1 Å². The lowest BCUT2D eigenvalue weighted by Crippen LogP contribution is -2.10. The van der Waals surface area contributed by atoms with Crippen LogP contribution in [0.2, 0.25) is 0 Å². The predicted molar refractivity (Wildman–Crippen MR) is 111 cm³/mol. The molecular formula is C20H14FN11. The first kappa shape index (κ1) is 19.2. The first-order chi connectivity index (χ1) is 15.6. The number of nitrogen functional groups attached to an aromatic ring is 1. The maximum Gasteiger partial charge on any atom is 0.164 e. The number of para-hydroxylation sites is 1. The van der Waals surface area contributed by atoms with Crippen molar-refractivity contribution in [2.45, 2.75) is 13.0 Å². The average molecular weight is 427 g/mol. The minimum absolute atomic E-state index is 0.140. The zero-order valence-electron chi connectivity index (χ0n) is 16.6. The Labute approximate surface area is 180 Å². The van der Waals surface area contributed by atoms with Gasteiger partial charge in [-0.25, -0.2) is 28.7 Å². The van der Waals surface area contributed by atoms with Gasteiger partial charge in [-0.1, -0.05) is 17.3 Å². The van der Waals surface area contributed by atoms with Crippen LogP contribution in [0.3, 0.4) is 0 Å². The second-order valence-electron chi connectivity index (χ2n) is 6.87. The van der Waals surface area contributed by atoms with E-state index in [1.54, 1.807) is 29.1 Å². The number of hydrogen-bond acceptors (Lipinski definition) is 9. The molecule has 0 aliphatic carbocycles. The molecule has 0 fully saturated rings. The lowest BCUT2D eigenvalue weighted by atomic mass is 10.2. The predicted octanol–water partition coefficient (Wildman–Crippen LogP) is 2.07. The van der Waals surface area contributed by atoms with Crippen molar-refractivity contribution in [3.63, 3.8) is 0 Å². The molecule has 0 radical (unpaired) electrons. The zero-order chi connectivity index (χ0) is 22.2. The lowest BCUT2D eigenvalue weighted by Gasteiger charge is -2.09. The Morgan fingerprint density at radius 1 is 1.19 bits per heavy atom. The highest BCUT2D eigenvalue weighted by atomic mass is 19.1. The number of nitrogens with zero attached hydrogens (tertiary/aromatic N) is 10. The highest BCUT2D eigenvalue weighted by molar-refractivity contribution is 5.97. The van der Waals surface area contributed by atoms with E-state index in [-0.39, 0.29) is 17.2 Å². The lowest BCUT2D eigenvalue weighted by molar-refractivity contribution is 0.565. The first-order valence-electron chi connectivity index (χ1n) is 9.45. The molecule has 11 nitrogen and oxygen atoms in total. The smallest absolute Gasteiger partial charge is 0.164 e. The number of hydrogen-bond donors (Lipinski definition) is 1. The number of aromatic nitrogens is 9. The summed E-state index contributed by atoms with van der Waals surface area (Å²) in [5.74, 6) is -0.206. The maximum atomic E-state index is 14.1. The van der Waals surface area contributed by atoms with Gasteiger partial charge < -0.3 is 5.73 Å². The Morgan fingerprint density at radius 3 is 2.84 bits per heavy atom. The molecule has 0 saturated carbocycles. The third-order valence-corrected chi connectivity index (χ3v) is 4.92. The van der Waals surface area contributed by atoms with E-state index >= 15 is 0 Å². The Bertz CT molecular complexity index is 1500. The fourth-order valence-corrected chi connectivity index (χ4v) is 3.33. The molecule has 32 heavy (non-hydrogen) atoms. The van der Waals surface area contributed by atoms with Crippen molar-refractivity contribution in [2.75, 3.05) is 5.73 Å². The van der Waals surface area contributed by atoms with Crippen LogP contribution in [-0.2, 0) is 0 Å². The Hall–Kier alpha value is -4.79. The van der Waals surface area contributed by atoms with Crippen molar-refractivity contribution < 1.29 is 4.39 Å². The molecule has 0 spiro atoms. The van der Waals surface area contributed by atoms with E-state index in [4.69, 9.17) is 11.0 Å². The normalized spacial score (nSPS) is 12.0. The van der Waals surface area contributed by atoms with Gasteiger partial charge in [0.2, 0.25) is 0 Å². The molecule has 1 aromatic carbocycles. The summed E-state index contributed by atoms with van der Waals surface area (Å²) < 4.78 is 17.1. The van der Waals surface area contributed by atoms with Crippen LogP contribution in [0.15, 0.2) is 49.2 Å². The quantitative estimate of drug-likeness (QED) is 0.454. The summed E-state index contributed by atoms with van der Waals surface area (Å²) in [5.41, 5.74) is 8.26. The molecule has 0 aliphatic rings. The molecule has 2 N–H and O–H groups in total. The van der Waals surface area contributed by atoms with Gasteiger partial charge in [0.05, 0.1) is 30.0 Å². The maximum absolute atomic E-state index is 14.1. The fourth-order valence-electron chi connectivity index (χ4n) is 3.33. The van der Waals surface area contributed by atoms with Gasteiger partial charge in [0, 0.05) is 0 Å². The van der Waals surface area contributed by atoms with Crippen LogP contribution in [0.5, 0.6) is 0 Å². The summed E-state index contributed by atoms with van der Waals surface area (Å²) in [6.07, 6.45) is 5.79. The average Bonchev–Trinajstić information content (AvgIpc) is 3.45. The summed E-state index contributed by atoms with van der Waals surface area (Å²) in [4.78, 5) is 16.7. The topological polar surface area (TPSA) is 150 Å². The standard InChI is InChI=1S/C20H14FN11/c1-11(15-9-31(30-28-15)16-5-3-2-4-13(16)21)32-20-17(19(23)25-10-26-20)18(29-32)14-8-24-7-12(6-22)27-14/h2-5,7-11H,1H3,(H2,23,25,26). The highest BCUT2D eigenvalue weighted by Crippen LogP contribution is 2.31. The number of nitrogens with two attached hydrogens (primary N) is 1. The van der Waals surface area contributed by atoms with E-state index < -0.39 is 11.9 Å². The van der Waals surface area contributed by atoms with Crippen LogP contribution in [0.4, 0.5) is 10.2 Å². The molecule has 12 heteroatoms. The van der Waals surface area contributed by atoms with Gasteiger partial charge in [0.1, 0.15) is 46.8 Å².